The van der Waals surface area contributed by atoms with Crippen molar-refractivity contribution < 1.29 is 14.2 Å². The van der Waals surface area contributed by atoms with Gasteiger partial charge in [0.05, 0.1) is 12.6 Å². The summed E-state index contributed by atoms with van der Waals surface area (Å²) in [4.78, 5) is 2.49. The molecule has 2 unspecified atom stereocenters. The van der Waals surface area contributed by atoms with Crippen LogP contribution < -0.4 is 9.64 Å². The van der Waals surface area contributed by atoms with E-state index in [0.717, 1.165) is 18.6 Å². The first-order chi connectivity index (χ1) is 13.6. The first-order valence-electron chi connectivity index (χ1n) is 10.5. The number of allylic oxidation sites excluding steroid dienone is 5. The number of hydrogen-bond donors (Lipinski definition) is 0. The summed E-state index contributed by atoms with van der Waals surface area (Å²) in [6, 6.07) is 8.86. The molecule has 150 valence electrons. The zero-order valence-corrected chi connectivity index (χ0v) is 17.0. The molecule has 0 aromatic heterocycles. The third-order valence-electron chi connectivity index (χ3n) is 5.46. The maximum atomic E-state index is 6.07. The molecule has 2 aliphatic carbocycles. The number of nitrogens with zero attached hydrogens (tertiary/aromatic N) is 1. The van der Waals surface area contributed by atoms with Gasteiger partial charge in [0.2, 0.25) is 0 Å². The molecular formula is C24H31NO3. The fraction of sp³-hybridized carbons (Fsp3) is 0.500. The van der Waals surface area contributed by atoms with E-state index in [1.54, 1.807) is 0 Å². The first kappa shape index (κ1) is 19.3. The molecule has 28 heavy (non-hydrogen) atoms. The highest BCUT2D eigenvalue weighted by Gasteiger charge is 2.33. The maximum absolute atomic E-state index is 6.07. The molecule has 1 aliphatic heterocycles. The Morgan fingerprint density at radius 3 is 2.86 bits per heavy atom. The summed E-state index contributed by atoms with van der Waals surface area (Å²) >= 11 is 0. The minimum absolute atomic E-state index is 0.0257. The van der Waals surface area contributed by atoms with Crippen LogP contribution in [0.4, 0.5) is 5.69 Å². The van der Waals surface area contributed by atoms with Crippen LogP contribution in [0.15, 0.2) is 60.3 Å². The zero-order valence-electron chi connectivity index (χ0n) is 17.0. The quantitative estimate of drug-likeness (QED) is 0.620. The predicted molar refractivity (Wildman–Crippen MR) is 113 cm³/mol. The van der Waals surface area contributed by atoms with E-state index >= 15 is 0 Å². The summed E-state index contributed by atoms with van der Waals surface area (Å²) in [7, 11) is 0. The molecule has 1 heterocycles. The molecule has 2 atom stereocenters. The van der Waals surface area contributed by atoms with Crippen molar-refractivity contribution in [2.45, 2.75) is 63.9 Å². The van der Waals surface area contributed by atoms with Crippen LogP contribution in [0, 0.1) is 0 Å². The number of benzene rings is 1. The molecule has 0 amide bonds. The van der Waals surface area contributed by atoms with Crippen molar-refractivity contribution in [1.29, 1.82) is 0 Å². The minimum Gasteiger partial charge on any atom is -0.491 e. The number of rotatable bonds is 6. The van der Waals surface area contributed by atoms with Gasteiger partial charge in [0.1, 0.15) is 18.5 Å². The van der Waals surface area contributed by atoms with E-state index in [1.807, 2.05) is 19.9 Å². The van der Waals surface area contributed by atoms with Gasteiger partial charge in [0.15, 0.2) is 5.79 Å². The van der Waals surface area contributed by atoms with Crippen LogP contribution in [0.1, 0.15) is 46.0 Å². The second kappa shape index (κ2) is 8.54. The standard InChI is InChI=1S/C24H31NO3/c1-24(2)27-18-23(28-24)17-26-22-15-9-14-21(16-22)25(19-10-5-3-6-11-19)20-12-7-4-8-13-20/h3,5,7,9-10,12,14-16,20,23H,4,6,8,11,13,17-18H2,1-2H3. The molecular weight excluding hydrogens is 350 g/mol. The molecule has 0 saturated carbocycles. The van der Waals surface area contributed by atoms with Gasteiger partial charge in [-0.05, 0) is 64.2 Å². The van der Waals surface area contributed by atoms with Gasteiger partial charge in [0.25, 0.3) is 0 Å². The third-order valence-corrected chi connectivity index (χ3v) is 5.46. The molecule has 1 saturated heterocycles. The summed E-state index contributed by atoms with van der Waals surface area (Å²) in [5.74, 6) is 0.364. The van der Waals surface area contributed by atoms with Gasteiger partial charge in [-0.1, -0.05) is 30.4 Å². The highest BCUT2D eigenvalue weighted by molar-refractivity contribution is 5.58. The predicted octanol–water partition coefficient (Wildman–Crippen LogP) is 5.37. The SMILES string of the molecule is CC1(C)OCC(COc2cccc(N(C3=CC=CCC3)C3C=CCCC3)c2)O1. The van der Waals surface area contributed by atoms with Crippen molar-refractivity contribution in [1.82, 2.24) is 0 Å². The summed E-state index contributed by atoms with van der Waals surface area (Å²) in [6.07, 6.45) is 17.1. The van der Waals surface area contributed by atoms with Crippen molar-refractivity contribution in [3.63, 3.8) is 0 Å². The van der Waals surface area contributed by atoms with E-state index in [1.165, 1.54) is 30.6 Å². The second-order valence-corrected chi connectivity index (χ2v) is 8.18. The smallest absolute Gasteiger partial charge is 0.163 e. The summed E-state index contributed by atoms with van der Waals surface area (Å²) < 4.78 is 17.6. The fourth-order valence-corrected chi connectivity index (χ4v) is 4.13. The van der Waals surface area contributed by atoms with Crippen LogP contribution >= 0.6 is 0 Å². The van der Waals surface area contributed by atoms with E-state index < -0.39 is 5.79 Å². The third kappa shape index (κ3) is 4.68. The Balaban J connectivity index is 1.51. The van der Waals surface area contributed by atoms with Crippen LogP contribution in [0.5, 0.6) is 5.75 Å². The first-order valence-corrected chi connectivity index (χ1v) is 10.5. The van der Waals surface area contributed by atoms with Crippen LogP contribution in [0.25, 0.3) is 0 Å². The molecule has 3 aliphatic rings. The Morgan fingerprint density at radius 1 is 1.21 bits per heavy atom. The van der Waals surface area contributed by atoms with Gasteiger partial charge in [-0.3, -0.25) is 0 Å². The molecule has 4 heteroatoms. The highest BCUT2D eigenvalue weighted by atomic mass is 16.7. The lowest BCUT2D eigenvalue weighted by atomic mass is 9.98. The van der Waals surface area contributed by atoms with E-state index in [9.17, 15) is 0 Å². The van der Waals surface area contributed by atoms with Crippen molar-refractivity contribution in [3.8, 4) is 5.75 Å². The van der Waals surface area contributed by atoms with Gasteiger partial charge in [-0.15, -0.1) is 0 Å². The van der Waals surface area contributed by atoms with Gasteiger partial charge in [0, 0.05) is 17.5 Å². The van der Waals surface area contributed by atoms with Crippen LogP contribution in [-0.4, -0.2) is 31.1 Å². The number of ether oxygens (including phenoxy) is 3. The van der Waals surface area contributed by atoms with Crippen molar-refractivity contribution in [2.24, 2.45) is 0 Å². The van der Waals surface area contributed by atoms with Gasteiger partial charge in [-0.25, -0.2) is 0 Å². The van der Waals surface area contributed by atoms with Crippen molar-refractivity contribution in [3.05, 3.63) is 60.3 Å². The number of hydrogen-bond acceptors (Lipinski definition) is 4. The van der Waals surface area contributed by atoms with E-state index in [0.29, 0.717) is 19.3 Å². The number of anilines is 1. The Morgan fingerprint density at radius 2 is 2.14 bits per heavy atom. The topological polar surface area (TPSA) is 30.9 Å². The Hall–Kier alpha value is -2.04. The summed E-state index contributed by atoms with van der Waals surface area (Å²) in [6.45, 7) is 4.96. The van der Waals surface area contributed by atoms with Crippen LogP contribution in [0.3, 0.4) is 0 Å². The molecule has 1 aromatic rings. The fourth-order valence-electron chi connectivity index (χ4n) is 4.13. The van der Waals surface area contributed by atoms with Crippen LogP contribution in [0.2, 0.25) is 0 Å². The Kier molecular flexibility index (Phi) is 5.88. The van der Waals surface area contributed by atoms with Crippen molar-refractivity contribution >= 4 is 5.69 Å². The van der Waals surface area contributed by atoms with Gasteiger partial charge in [-0.2, -0.15) is 0 Å². The van der Waals surface area contributed by atoms with E-state index in [-0.39, 0.29) is 6.10 Å². The Labute approximate surface area is 168 Å². The van der Waals surface area contributed by atoms with Crippen LogP contribution in [-0.2, 0) is 9.47 Å². The summed E-state index contributed by atoms with van der Waals surface area (Å²) in [5.41, 5.74) is 2.57. The van der Waals surface area contributed by atoms with E-state index in [4.69, 9.17) is 14.2 Å². The highest BCUT2D eigenvalue weighted by Crippen LogP contribution is 2.33. The molecule has 1 fully saturated rings. The largest absolute Gasteiger partial charge is 0.491 e. The normalized spacial score (nSPS) is 26.1. The van der Waals surface area contributed by atoms with Gasteiger partial charge >= 0.3 is 0 Å². The second-order valence-electron chi connectivity index (χ2n) is 8.18. The average molecular weight is 382 g/mol. The molecule has 0 bridgehead atoms. The van der Waals surface area contributed by atoms with E-state index in [2.05, 4.69) is 53.5 Å². The summed E-state index contributed by atoms with van der Waals surface area (Å²) in [5, 5.41) is 0. The molecule has 0 N–H and O–H groups in total. The minimum atomic E-state index is -0.513. The monoisotopic (exact) mass is 381 g/mol. The van der Waals surface area contributed by atoms with Crippen molar-refractivity contribution in [2.75, 3.05) is 18.1 Å². The lowest BCUT2D eigenvalue weighted by Gasteiger charge is -2.36. The molecule has 4 nitrogen and oxygen atoms in total. The Bertz CT molecular complexity index is 765. The zero-order chi connectivity index (χ0) is 19.4. The lowest BCUT2D eigenvalue weighted by Crippen LogP contribution is -2.34. The lowest BCUT2D eigenvalue weighted by molar-refractivity contribution is -0.141. The maximum Gasteiger partial charge on any atom is 0.163 e. The molecule has 4 rings (SSSR count). The molecule has 0 radical (unpaired) electrons. The van der Waals surface area contributed by atoms with Gasteiger partial charge < -0.3 is 19.1 Å². The average Bonchev–Trinajstić information content (AvgIpc) is 3.07. The molecule has 1 aromatic carbocycles. The molecule has 0 spiro atoms.